The highest BCUT2D eigenvalue weighted by atomic mass is 32.1. The van der Waals surface area contributed by atoms with Gasteiger partial charge >= 0.3 is 0 Å². The van der Waals surface area contributed by atoms with Crippen LogP contribution in [0.25, 0.3) is 0 Å². The Bertz CT molecular complexity index is 464. The molecule has 2 aromatic carbocycles. The number of hydrogen-bond donors (Lipinski definition) is 2. The smallest absolute Gasteiger partial charge is 0.118 e. The topological polar surface area (TPSA) is 23.5 Å². The van der Waals surface area contributed by atoms with Crippen molar-refractivity contribution < 1.29 is 5.11 Å². The van der Waals surface area contributed by atoms with E-state index in [0.717, 1.165) is 18.5 Å². The number of nitrogens with zero attached hydrogens (tertiary/aromatic N) is 1. The summed E-state index contributed by atoms with van der Waals surface area (Å²) in [6, 6.07) is 17.8. The number of hydrogen-bond acceptors (Lipinski definition) is 3. The van der Waals surface area contributed by atoms with Gasteiger partial charge in [-0.2, -0.15) is 0 Å². The molecule has 0 spiro atoms. The Morgan fingerprint density at radius 3 is 2.10 bits per heavy atom. The maximum absolute atomic E-state index is 8.92. The highest BCUT2D eigenvalue weighted by molar-refractivity contribution is 7.77. The lowest BCUT2D eigenvalue weighted by Crippen LogP contribution is -2.07. The molecule has 0 unspecified atom stereocenters. The molecular formula is C17H23NOS. The maximum atomic E-state index is 8.92. The Morgan fingerprint density at radius 2 is 1.60 bits per heavy atom. The molecule has 0 aliphatic heterocycles. The van der Waals surface area contributed by atoms with Crippen molar-refractivity contribution in [2.24, 2.45) is 0 Å². The molecule has 1 N–H and O–H groups in total. The first-order chi connectivity index (χ1) is 9.59. The van der Waals surface area contributed by atoms with Gasteiger partial charge in [0.2, 0.25) is 0 Å². The summed E-state index contributed by atoms with van der Waals surface area (Å²) in [5.74, 6) is 0.368. The molecule has 3 heteroatoms. The Morgan fingerprint density at radius 1 is 1.00 bits per heavy atom. The predicted octanol–water partition coefficient (Wildman–Crippen LogP) is 4.10. The molecule has 2 aromatic rings. The molecule has 0 saturated carbocycles. The third kappa shape index (κ3) is 7.22. The van der Waals surface area contributed by atoms with E-state index in [-0.39, 0.29) is 0 Å². The number of aromatic hydroxyl groups is 1. The van der Waals surface area contributed by atoms with Gasteiger partial charge in [0.1, 0.15) is 5.75 Å². The van der Waals surface area contributed by atoms with Crippen molar-refractivity contribution in [1.82, 2.24) is 4.31 Å². The van der Waals surface area contributed by atoms with Crippen LogP contribution in [0.3, 0.4) is 0 Å². The molecule has 0 aromatic heterocycles. The van der Waals surface area contributed by atoms with E-state index in [1.165, 1.54) is 12.0 Å². The molecule has 0 bridgehead atoms. The van der Waals surface area contributed by atoms with Crippen molar-refractivity contribution in [2.45, 2.75) is 19.8 Å². The summed E-state index contributed by atoms with van der Waals surface area (Å²) in [6.07, 6.45) is 2.32. The standard InChI is InChI=1S/C10H15NS.C7H8O/c1-11(12)9-5-8-10-6-3-2-4-7-10;1-6-4-2-3-5-7(6)8/h2-4,6-7,12H,5,8-9H2,1H3;2-5,8H,1H3. The van der Waals surface area contributed by atoms with Crippen LogP contribution in [0.5, 0.6) is 5.75 Å². The minimum atomic E-state index is 0.368. The third-order valence-corrected chi connectivity index (χ3v) is 3.11. The first-order valence-corrected chi connectivity index (χ1v) is 7.18. The molecule has 0 heterocycles. The van der Waals surface area contributed by atoms with Crippen LogP contribution >= 0.6 is 12.8 Å². The second-order valence-corrected chi connectivity index (χ2v) is 5.44. The molecular weight excluding hydrogens is 266 g/mol. The SMILES string of the molecule is CN(S)CCCc1ccccc1.Cc1ccccc1O. The molecule has 108 valence electrons. The van der Waals surface area contributed by atoms with Crippen LogP contribution in [-0.2, 0) is 6.42 Å². The number of aryl methyl sites for hydroxylation is 2. The fourth-order valence-corrected chi connectivity index (χ4v) is 1.86. The van der Waals surface area contributed by atoms with E-state index in [0.29, 0.717) is 5.75 Å². The Balaban J connectivity index is 0.000000217. The molecule has 0 aliphatic carbocycles. The van der Waals surface area contributed by atoms with Crippen LogP contribution in [0.15, 0.2) is 54.6 Å². The summed E-state index contributed by atoms with van der Waals surface area (Å²) in [7, 11) is 1.98. The van der Waals surface area contributed by atoms with Crippen molar-refractivity contribution in [3.8, 4) is 5.75 Å². The summed E-state index contributed by atoms with van der Waals surface area (Å²) < 4.78 is 1.92. The van der Waals surface area contributed by atoms with Crippen LogP contribution in [-0.4, -0.2) is 23.0 Å². The zero-order valence-electron chi connectivity index (χ0n) is 12.2. The van der Waals surface area contributed by atoms with Crippen LogP contribution < -0.4 is 0 Å². The average molecular weight is 289 g/mol. The van der Waals surface area contributed by atoms with Crippen molar-refractivity contribution in [3.63, 3.8) is 0 Å². The van der Waals surface area contributed by atoms with Gasteiger partial charge in [-0.1, -0.05) is 61.3 Å². The van der Waals surface area contributed by atoms with Crippen molar-refractivity contribution in [2.75, 3.05) is 13.6 Å². The number of phenols is 1. The Labute approximate surface area is 127 Å². The third-order valence-electron chi connectivity index (χ3n) is 2.91. The van der Waals surface area contributed by atoms with Gasteiger partial charge in [0.25, 0.3) is 0 Å². The van der Waals surface area contributed by atoms with Gasteiger partial charge in [-0.05, 0) is 44.0 Å². The monoisotopic (exact) mass is 289 g/mol. The van der Waals surface area contributed by atoms with Crippen LogP contribution in [0, 0.1) is 6.92 Å². The number of thiol groups is 1. The van der Waals surface area contributed by atoms with Crippen molar-refractivity contribution in [3.05, 3.63) is 65.7 Å². The first kappa shape index (κ1) is 16.6. The number of rotatable bonds is 4. The quantitative estimate of drug-likeness (QED) is 0.828. The number of benzene rings is 2. The second kappa shape index (κ2) is 9.45. The highest BCUT2D eigenvalue weighted by Crippen LogP contribution is 2.12. The average Bonchev–Trinajstić information content (AvgIpc) is 2.44. The van der Waals surface area contributed by atoms with E-state index in [9.17, 15) is 0 Å². The van der Waals surface area contributed by atoms with Gasteiger partial charge in [0, 0.05) is 6.54 Å². The predicted molar refractivity (Wildman–Crippen MR) is 89.2 cm³/mol. The summed E-state index contributed by atoms with van der Waals surface area (Å²) >= 11 is 4.18. The van der Waals surface area contributed by atoms with E-state index < -0.39 is 0 Å². The van der Waals surface area contributed by atoms with E-state index in [2.05, 4.69) is 37.1 Å². The van der Waals surface area contributed by atoms with E-state index in [1.807, 2.05) is 42.5 Å². The maximum Gasteiger partial charge on any atom is 0.118 e. The van der Waals surface area contributed by atoms with Gasteiger partial charge in [0.15, 0.2) is 0 Å². The highest BCUT2D eigenvalue weighted by Gasteiger charge is 1.93. The van der Waals surface area contributed by atoms with Gasteiger partial charge in [0.05, 0.1) is 0 Å². The summed E-state index contributed by atoms with van der Waals surface area (Å²) in [5.41, 5.74) is 2.33. The first-order valence-electron chi connectivity index (χ1n) is 6.78. The van der Waals surface area contributed by atoms with E-state index in [1.54, 1.807) is 6.07 Å². The number of para-hydroxylation sites is 1. The fourth-order valence-electron chi connectivity index (χ4n) is 1.72. The van der Waals surface area contributed by atoms with E-state index in [4.69, 9.17) is 5.11 Å². The molecule has 2 rings (SSSR count). The molecule has 0 atom stereocenters. The van der Waals surface area contributed by atoms with Crippen molar-refractivity contribution >= 4 is 12.8 Å². The molecule has 0 radical (unpaired) electrons. The van der Waals surface area contributed by atoms with Crippen molar-refractivity contribution in [1.29, 1.82) is 0 Å². The molecule has 2 nitrogen and oxygen atoms in total. The van der Waals surface area contributed by atoms with Gasteiger partial charge < -0.3 is 5.11 Å². The Kier molecular flexibility index (Phi) is 7.85. The van der Waals surface area contributed by atoms with Gasteiger partial charge in [-0.3, -0.25) is 4.31 Å². The summed E-state index contributed by atoms with van der Waals surface area (Å²) in [6.45, 7) is 2.91. The molecule has 0 aliphatic rings. The lowest BCUT2D eigenvalue weighted by atomic mass is 10.1. The molecule has 0 fully saturated rings. The zero-order valence-corrected chi connectivity index (χ0v) is 13.1. The van der Waals surface area contributed by atoms with Crippen LogP contribution in [0.4, 0.5) is 0 Å². The summed E-state index contributed by atoms with van der Waals surface area (Å²) in [5, 5.41) is 8.92. The fraction of sp³-hybridized carbons (Fsp3) is 0.294. The molecule has 0 amide bonds. The normalized spacial score (nSPS) is 10.0. The van der Waals surface area contributed by atoms with Gasteiger partial charge in [-0.25, -0.2) is 0 Å². The second-order valence-electron chi connectivity index (χ2n) is 4.76. The summed E-state index contributed by atoms with van der Waals surface area (Å²) in [4.78, 5) is 0. The molecule has 20 heavy (non-hydrogen) atoms. The number of phenolic OH excluding ortho intramolecular Hbond substituents is 1. The van der Waals surface area contributed by atoms with E-state index >= 15 is 0 Å². The largest absolute Gasteiger partial charge is 0.508 e. The Hall–Kier alpha value is -1.45. The zero-order chi connectivity index (χ0) is 14.8. The minimum absolute atomic E-state index is 0.368. The van der Waals surface area contributed by atoms with Crippen LogP contribution in [0.1, 0.15) is 17.5 Å². The lowest BCUT2D eigenvalue weighted by Gasteiger charge is -2.07. The minimum Gasteiger partial charge on any atom is -0.508 e. The lowest BCUT2D eigenvalue weighted by molar-refractivity contribution is 0.471. The molecule has 0 saturated heterocycles. The van der Waals surface area contributed by atoms with Crippen LogP contribution in [0.2, 0.25) is 0 Å². The van der Waals surface area contributed by atoms with Gasteiger partial charge in [-0.15, -0.1) is 0 Å².